The van der Waals surface area contributed by atoms with Crippen LogP contribution in [0, 0.1) is 11.8 Å². The molecular weight excluding hydrogens is 433 g/mol. The number of carbonyl (C=O) groups excluding carboxylic acids is 1. The Hall–Kier alpha value is -3.77. The molecule has 9 heteroatoms. The Labute approximate surface area is 189 Å². The van der Waals surface area contributed by atoms with E-state index in [9.17, 15) is 23.1 Å². The molecule has 2 aliphatic heterocycles. The second kappa shape index (κ2) is 9.38. The van der Waals surface area contributed by atoms with Gasteiger partial charge in [0, 0.05) is 44.2 Å². The lowest BCUT2D eigenvalue weighted by Crippen LogP contribution is -2.54. The first-order valence-electron chi connectivity index (χ1n) is 10.3. The van der Waals surface area contributed by atoms with E-state index >= 15 is 0 Å². The number of aromatic hydroxyl groups is 1. The first kappa shape index (κ1) is 22.4. The average molecular weight is 454 g/mol. The Morgan fingerprint density at radius 2 is 1.76 bits per heavy atom. The molecule has 0 unspecified atom stereocenters. The van der Waals surface area contributed by atoms with Crippen LogP contribution in [0.1, 0.15) is 21.5 Å². The molecule has 1 saturated heterocycles. The van der Waals surface area contributed by atoms with E-state index in [1.165, 1.54) is 23.1 Å². The van der Waals surface area contributed by atoms with Gasteiger partial charge in [-0.25, -0.2) is 5.01 Å². The van der Waals surface area contributed by atoms with E-state index in [-0.39, 0.29) is 11.3 Å². The highest BCUT2D eigenvalue weighted by Crippen LogP contribution is 2.32. The van der Waals surface area contributed by atoms with Gasteiger partial charge in [0.25, 0.3) is 5.91 Å². The molecule has 0 aromatic heterocycles. The molecule has 2 aliphatic rings. The van der Waals surface area contributed by atoms with Gasteiger partial charge in [-0.15, -0.1) is 0 Å². The summed E-state index contributed by atoms with van der Waals surface area (Å²) in [6.45, 7) is 1.90. The van der Waals surface area contributed by atoms with Crippen LogP contribution in [0.25, 0.3) is 0 Å². The highest BCUT2D eigenvalue weighted by molar-refractivity contribution is 5.96. The van der Waals surface area contributed by atoms with Crippen molar-refractivity contribution < 1.29 is 23.1 Å². The number of aliphatic imine (C=N–C) groups is 1. The van der Waals surface area contributed by atoms with Crippen molar-refractivity contribution in [2.45, 2.75) is 6.18 Å². The zero-order valence-corrected chi connectivity index (χ0v) is 17.6. The van der Waals surface area contributed by atoms with Crippen molar-refractivity contribution in [1.82, 2.24) is 14.9 Å². The first-order chi connectivity index (χ1) is 15.8. The largest absolute Gasteiger partial charge is 0.508 e. The maximum Gasteiger partial charge on any atom is 0.417 e. The number of phenols is 1. The van der Waals surface area contributed by atoms with Crippen LogP contribution in [0.15, 0.2) is 65.3 Å². The predicted molar refractivity (Wildman–Crippen MR) is 117 cm³/mol. The van der Waals surface area contributed by atoms with Crippen LogP contribution in [0.2, 0.25) is 0 Å². The van der Waals surface area contributed by atoms with Crippen molar-refractivity contribution >= 4 is 12.1 Å². The lowest BCUT2D eigenvalue weighted by molar-refractivity contribution is -0.138. The minimum atomic E-state index is -4.58. The van der Waals surface area contributed by atoms with Gasteiger partial charge in [-0.2, -0.15) is 13.2 Å². The normalized spacial score (nSPS) is 16.8. The van der Waals surface area contributed by atoms with Gasteiger partial charge in [-0.05, 0) is 30.3 Å². The van der Waals surface area contributed by atoms with Gasteiger partial charge < -0.3 is 10.0 Å². The zero-order chi connectivity index (χ0) is 23.4. The molecule has 4 rings (SSSR count). The number of hydrogen-bond acceptors (Lipinski definition) is 5. The van der Waals surface area contributed by atoms with Crippen molar-refractivity contribution in [1.29, 1.82) is 0 Å². The topological polar surface area (TPSA) is 59.4 Å². The molecule has 6 nitrogen and oxygen atoms in total. The standard InChI is InChI=1S/C24H21F3N4O2/c25-24(26,27)22-7-2-1-6-21(22)23(33)29-10-12-30(13-11-29)31-16-19(15-28-17-31)9-8-18-4-3-5-20(32)14-18/h1-7,14-16,32H,10-13,17H2. The van der Waals surface area contributed by atoms with E-state index in [2.05, 4.69) is 16.8 Å². The molecule has 0 spiro atoms. The van der Waals surface area contributed by atoms with Gasteiger partial charge in [0.1, 0.15) is 12.4 Å². The van der Waals surface area contributed by atoms with Gasteiger partial charge in [0.05, 0.1) is 16.7 Å². The summed E-state index contributed by atoms with van der Waals surface area (Å²) < 4.78 is 39.8. The minimum absolute atomic E-state index is 0.139. The van der Waals surface area contributed by atoms with Crippen LogP contribution in [-0.2, 0) is 6.18 Å². The Morgan fingerprint density at radius 3 is 2.48 bits per heavy atom. The summed E-state index contributed by atoms with van der Waals surface area (Å²) in [4.78, 5) is 18.5. The maximum atomic E-state index is 13.3. The fourth-order valence-electron chi connectivity index (χ4n) is 3.66. The second-order valence-electron chi connectivity index (χ2n) is 7.57. The predicted octanol–water partition coefficient (Wildman–Crippen LogP) is 3.36. The number of allylic oxidation sites excluding steroid dienone is 1. The maximum absolute atomic E-state index is 13.3. The van der Waals surface area contributed by atoms with E-state index in [4.69, 9.17) is 0 Å². The van der Waals surface area contributed by atoms with Crippen molar-refractivity contribution in [3.8, 4) is 17.6 Å². The van der Waals surface area contributed by atoms with Gasteiger partial charge in [-0.1, -0.05) is 30.0 Å². The van der Waals surface area contributed by atoms with Crippen LogP contribution in [-0.4, -0.2) is 65.0 Å². The summed E-state index contributed by atoms with van der Waals surface area (Å²) in [5.41, 5.74) is 0.112. The number of piperazine rings is 1. The van der Waals surface area contributed by atoms with Crippen molar-refractivity contribution in [3.05, 3.63) is 77.0 Å². The summed E-state index contributed by atoms with van der Waals surface area (Å²) >= 11 is 0. The van der Waals surface area contributed by atoms with Crippen molar-refractivity contribution in [3.63, 3.8) is 0 Å². The van der Waals surface area contributed by atoms with Crippen LogP contribution < -0.4 is 0 Å². The van der Waals surface area contributed by atoms with Gasteiger partial charge in [0.2, 0.25) is 0 Å². The number of alkyl halides is 3. The van der Waals surface area contributed by atoms with Gasteiger partial charge in [0.15, 0.2) is 0 Å². The summed E-state index contributed by atoms with van der Waals surface area (Å²) in [6.07, 6.45) is -1.07. The molecule has 0 atom stereocenters. The third kappa shape index (κ3) is 5.35. The molecule has 33 heavy (non-hydrogen) atoms. The molecule has 0 aliphatic carbocycles. The fourth-order valence-corrected chi connectivity index (χ4v) is 3.66. The number of phenolic OH excluding ortho intramolecular Hbond substituents is 1. The average Bonchev–Trinajstić information content (AvgIpc) is 2.82. The molecule has 0 radical (unpaired) electrons. The van der Waals surface area contributed by atoms with E-state index in [0.29, 0.717) is 44.0 Å². The Balaban J connectivity index is 1.40. The molecule has 0 bridgehead atoms. The number of amides is 1. The summed E-state index contributed by atoms with van der Waals surface area (Å²) in [5, 5.41) is 13.4. The third-order valence-corrected chi connectivity index (χ3v) is 5.31. The van der Waals surface area contributed by atoms with Crippen LogP contribution >= 0.6 is 0 Å². The third-order valence-electron chi connectivity index (χ3n) is 5.31. The Bertz CT molecular complexity index is 1160. The second-order valence-corrected chi connectivity index (χ2v) is 7.57. The van der Waals surface area contributed by atoms with Crippen molar-refractivity contribution in [2.24, 2.45) is 4.99 Å². The minimum Gasteiger partial charge on any atom is -0.508 e. The van der Waals surface area contributed by atoms with Crippen LogP contribution in [0.3, 0.4) is 0 Å². The molecule has 2 aromatic carbocycles. The number of carbonyl (C=O) groups is 1. The van der Waals surface area contributed by atoms with Gasteiger partial charge >= 0.3 is 6.18 Å². The van der Waals surface area contributed by atoms with Gasteiger partial charge in [-0.3, -0.25) is 14.8 Å². The highest BCUT2D eigenvalue weighted by atomic mass is 19.4. The summed E-state index contributed by atoms with van der Waals surface area (Å²) in [5.74, 6) is 5.51. The SMILES string of the molecule is O=C(c1ccccc1C(F)(F)F)N1CCN(N2C=C(C#Cc3cccc(O)c3)C=NC2)CC1. The molecule has 1 N–H and O–H groups in total. The fraction of sp³-hybridized carbons (Fsp3) is 0.250. The van der Waals surface area contributed by atoms with Crippen molar-refractivity contribution in [2.75, 3.05) is 32.8 Å². The number of nitrogens with zero attached hydrogens (tertiary/aromatic N) is 4. The Morgan fingerprint density at radius 1 is 1.00 bits per heavy atom. The zero-order valence-electron chi connectivity index (χ0n) is 17.6. The van der Waals surface area contributed by atoms with E-state index < -0.39 is 17.6 Å². The quantitative estimate of drug-likeness (QED) is 0.708. The van der Waals surface area contributed by atoms with E-state index in [1.54, 1.807) is 30.5 Å². The molecule has 170 valence electrons. The summed E-state index contributed by atoms with van der Waals surface area (Å²) in [6, 6.07) is 11.5. The van der Waals surface area contributed by atoms with E-state index in [0.717, 1.165) is 6.07 Å². The number of benzene rings is 2. The smallest absolute Gasteiger partial charge is 0.417 e. The first-order valence-corrected chi connectivity index (χ1v) is 10.3. The number of hydrogen-bond donors (Lipinski definition) is 1. The molecular formula is C24H21F3N4O2. The van der Waals surface area contributed by atoms with E-state index in [1.807, 2.05) is 16.2 Å². The Kier molecular flexibility index (Phi) is 6.38. The number of hydrazine groups is 1. The lowest BCUT2D eigenvalue weighted by atomic mass is 10.1. The molecule has 2 heterocycles. The number of rotatable bonds is 2. The molecule has 2 aromatic rings. The molecule has 1 amide bonds. The number of halogens is 3. The van der Waals surface area contributed by atoms with Crippen LogP contribution in [0.4, 0.5) is 13.2 Å². The monoisotopic (exact) mass is 454 g/mol. The van der Waals surface area contributed by atoms with Crippen LogP contribution in [0.5, 0.6) is 5.75 Å². The molecule has 0 saturated carbocycles. The highest BCUT2D eigenvalue weighted by Gasteiger charge is 2.36. The molecule has 1 fully saturated rings. The lowest BCUT2D eigenvalue weighted by Gasteiger charge is -2.40. The summed E-state index contributed by atoms with van der Waals surface area (Å²) in [7, 11) is 0.